The van der Waals surface area contributed by atoms with Crippen LogP contribution >= 0.6 is 0 Å². The van der Waals surface area contributed by atoms with Crippen LogP contribution in [0, 0.1) is 11.8 Å². The number of hydrogen-bond donors (Lipinski definition) is 1. The number of methoxy groups -OCH3 is 4. The molecule has 0 fully saturated rings. The fourth-order valence-corrected chi connectivity index (χ4v) is 4.83. The lowest BCUT2D eigenvalue weighted by Crippen LogP contribution is -2.43. The Bertz CT molecular complexity index is 1080. The summed E-state index contributed by atoms with van der Waals surface area (Å²) in [4.78, 5) is 39.7. The molecule has 0 radical (unpaired) electrons. The molecule has 9 nitrogen and oxygen atoms in total. The lowest BCUT2D eigenvalue weighted by Gasteiger charge is -2.38. The fraction of sp³-hybridized carbons (Fsp3) is 0.500. The van der Waals surface area contributed by atoms with Crippen LogP contribution in [-0.4, -0.2) is 52.3 Å². The van der Waals surface area contributed by atoms with E-state index in [4.69, 9.17) is 23.7 Å². The maximum atomic E-state index is 13.8. The molecule has 1 N–H and O–H groups in total. The summed E-state index contributed by atoms with van der Waals surface area (Å²) in [5.41, 5.74) is 2.41. The molecule has 9 heteroatoms. The van der Waals surface area contributed by atoms with Crippen molar-refractivity contribution in [1.82, 2.24) is 5.32 Å². The summed E-state index contributed by atoms with van der Waals surface area (Å²) < 4.78 is 27.0. The number of allylic oxidation sites excluding steroid dienone is 3. The molecule has 0 aromatic heterocycles. The van der Waals surface area contributed by atoms with Crippen LogP contribution in [-0.2, 0) is 23.9 Å². The summed E-state index contributed by atoms with van der Waals surface area (Å²) >= 11 is 0. The van der Waals surface area contributed by atoms with Crippen molar-refractivity contribution in [3.63, 3.8) is 0 Å². The first-order valence-corrected chi connectivity index (χ1v) is 11.4. The molecule has 1 aliphatic heterocycles. The zero-order valence-corrected chi connectivity index (χ0v) is 21.4. The van der Waals surface area contributed by atoms with E-state index >= 15 is 0 Å². The summed E-state index contributed by atoms with van der Waals surface area (Å²) in [6.07, 6.45) is 0.0645. The van der Waals surface area contributed by atoms with Crippen LogP contribution in [0.5, 0.6) is 17.2 Å². The minimum absolute atomic E-state index is 0.276. The highest BCUT2D eigenvalue weighted by molar-refractivity contribution is 6.12. The Balaban J connectivity index is 2.30. The first-order chi connectivity index (χ1) is 16.6. The SMILES string of the molecule is COC(=O)[C@@H]1C(=O)C2=C(C[C@@H]1C)NC(C)=C(C(=O)OC(C)C)[C@@H]2c1cc(OC)c(OC)c(OC)c1. The van der Waals surface area contributed by atoms with Crippen molar-refractivity contribution in [2.75, 3.05) is 28.4 Å². The molecule has 0 amide bonds. The van der Waals surface area contributed by atoms with E-state index in [2.05, 4.69) is 5.32 Å². The predicted molar refractivity (Wildman–Crippen MR) is 127 cm³/mol. The Labute approximate surface area is 205 Å². The lowest BCUT2D eigenvalue weighted by atomic mass is 9.69. The molecule has 1 heterocycles. The Morgan fingerprint density at radius 2 is 1.63 bits per heavy atom. The third-order valence-electron chi connectivity index (χ3n) is 6.33. The molecule has 2 aliphatic rings. The van der Waals surface area contributed by atoms with Gasteiger partial charge in [0.15, 0.2) is 17.3 Å². The summed E-state index contributed by atoms with van der Waals surface area (Å²) in [6.45, 7) is 7.11. The largest absolute Gasteiger partial charge is 0.493 e. The number of carbonyl (C=O) groups is 3. The number of nitrogens with one attached hydrogen (secondary N) is 1. The maximum absolute atomic E-state index is 13.8. The Morgan fingerprint density at radius 1 is 1.03 bits per heavy atom. The number of dihydropyridines is 1. The summed E-state index contributed by atoms with van der Waals surface area (Å²) in [7, 11) is 5.74. The minimum Gasteiger partial charge on any atom is -0.493 e. The molecule has 0 bridgehead atoms. The monoisotopic (exact) mass is 487 g/mol. The third-order valence-corrected chi connectivity index (χ3v) is 6.33. The third kappa shape index (κ3) is 4.72. The van der Waals surface area contributed by atoms with Gasteiger partial charge in [0.05, 0.1) is 40.1 Å². The smallest absolute Gasteiger partial charge is 0.337 e. The second-order valence-electron chi connectivity index (χ2n) is 8.95. The van der Waals surface area contributed by atoms with Crippen LogP contribution in [0.2, 0.25) is 0 Å². The van der Waals surface area contributed by atoms with Gasteiger partial charge in [0, 0.05) is 22.9 Å². The Hall–Kier alpha value is -3.49. The van der Waals surface area contributed by atoms with Crippen LogP contribution in [0.1, 0.15) is 45.6 Å². The van der Waals surface area contributed by atoms with E-state index in [0.29, 0.717) is 46.2 Å². The van der Waals surface area contributed by atoms with Crippen LogP contribution in [0.3, 0.4) is 0 Å². The van der Waals surface area contributed by atoms with Crippen LogP contribution < -0.4 is 19.5 Å². The number of ether oxygens (including phenoxy) is 5. The van der Waals surface area contributed by atoms with E-state index in [9.17, 15) is 14.4 Å². The van der Waals surface area contributed by atoms with Crippen LogP contribution in [0.4, 0.5) is 0 Å². The van der Waals surface area contributed by atoms with Gasteiger partial charge in [-0.2, -0.15) is 0 Å². The average molecular weight is 488 g/mol. The Morgan fingerprint density at radius 3 is 2.11 bits per heavy atom. The first kappa shape index (κ1) is 26.1. The summed E-state index contributed by atoms with van der Waals surface area (Å²) in [5, 5.41) is 3.24. The molecule has 3 atom stereocenters. The average Bonchev–Trinajstić information content (AvgIpc) is 2.81. The van der Waals surface area contributed by atoms with E-state index < -0.39 is 23.8 Å². The van der Waals surface area contributed by atoms with Crippen LogP contribution in [0.15, 0.2) is 34.7 Å². The van der Waals surface area contributed by atoms with Gasteiger partial charge in [0.25, 0.3) is 0 Å². The van der Waals surface area contributed by atoms with Crippen molar-refractivity contribution >= 4 is 17.7 Å². The van der Waals surface area contributed by atoms with Gasteiger partial charge >= 0.3 is 11.9 Å². The first-order valence-electron chi connectivity index (χ1n) is 11.4. The molecular formula is C26H33NO8. The van der Waals surface area contributed by atoms with E-state index in [0.717, 1.165) is 0 Å². The highest BCUT2D eigenvalue weighted by Crippen LogP contribution is 2.49. The van der Waals surface area contributed by atoms with E-state index in [1.807, 2.05) is 6.92 Å². The van der Waals surface area contributed by atoms with Crippen molar-refractivity contribution in [3.05, 3.63) is 40.2 Å². The van der Waals surface area contributed by atoms with Gasteiger partial charge in [-0.1, -0.05) is 6.92 Å². The quantitative estimate of drug-likeness (QED) is 0.458. The second-order valence-corrected chi connectivity index (χ2v) is 8.95. The minimum atomic E-state index is -0.981. The number of rotatable bonds is 7. The van der Waals surface area contributed by atoms with Gasteiger partial charge in [-0.25, -0.2) is 4.79 Å². The standard InChI is InChI=1S/C26H33NO8/c1-12(2)35-26(30)20-14(4)27-16-9-13(3)19(25(29)34-8)23(28)22(16)21(20)15-10-17(31-5)24(33-7)18(11-15)32-6/h10-13,19,21,27H,9H2,1-8H3/t13-,19-,21-/m0/s1. The number of esters is 2. The van der Waals surface area contributed by atoms with Gasteiger partial charge in [0.1, 0.15) is 5.92 Å². The molecule has 190 valence electrons. The molecule has 0 saturated carbocycles. The topological polar surface area (TPSA) is 109 Å². The van der Waals surface area contributed by atoms with Gasteiger partial charge in [-0.3, -0.25) is 9.59 Å². The normalized spacial score (nSPS) is 21.9. The zero-order chi connectivity index (χ0) is 26.0. The van der Waals surface area contributed by atoms with E-state index in [-0.39, 0.29) is 23.4 Å². The predicted octanol–water partition coefficient (Wildman–Crippen LogP) is 3.28. The maximum Gasteiger partial charge on any atom is 0.337 e. The van der Waals surface area contributed by atoms with Gasteiger partial charge in [-0.15, -0.1) is 0 Å². The van der Waals surface area contributed by atoms with Crippen molar-refractivity contribution in [1.29, 1.82) is 0 Å². The number of carbonyl (C=O) groups excluding carboxylic acids is 3. The van der Waals surface area contributed by atoms with Crippen molar-refractivity contribution in [3.8, 4) is 17.2 Å². The van der Waals surface area contributed by atoms with Crippen LogP contribution in [0.25, 0.3) is 0 Å². The number of Topliss-reactive ketones (excluding diaryl/α,β-unsaturated/α-hetero) is 1. The van der Waals surface area contributed by atoms with E-state index in [1.165, 1.54) is 28.4 Å². The zero-order valence-electron chi connectivity index (χ0n) is 21.4. The molecule has 1 aromatic carbocycles. The van der Waals surface area contributed by atoms with Gasteiger partial charge in [-0.05, 0) is 50.8 Å². The number of ketones is 1. The molecule has 35 heavy (non-hydrogen) atoms. The van der Waals surface area contributed by atoms with E-state index in [1.54, 1.807) is 32.9 Å². The molecule has 3 rings (SSSR count). The van der Waals surface area contributed by atoms with Crippen molar-refractivity contribution in [2.24, 2.45) is 11.8 Å². The summed E-state index contributed by atoms with van der Waals surface area (Å²) in [5.74, 6) is -2.51. The van der Waals surface area contributed by atoms with Crippen molar-refractivity contribution in [2.45, 2.75) is 46.1 Å². The van der Waals surface area contributed by atoms with Crippen molar-refractivity contribution < 1.29 is 38.1 Å². The highest BCUT2D eigenvalue weighted by Gasteiger charge is 2.47. The fourth-order valence-electron chi connectivity index (χ4n) is 4.83. The summed E-state index contributed by atoms with van der Waals surface area (Å²) in [6, 6.07) is 3.41. The Kier molecular flexibility index (Phi) is 7.77. The molecule has 1 aromatic rings. The van der Waals surface area contributed by atoms with Gasteiger partial charge in [0.2, 0.25) is 5.75 Å². The van der Waals surface area contributed by atoms with Gasteiger partial charge < -0.3 is 29.0 Å². The lowest BCUT2D eigenvalue weighted by molar-refractivity contribution is -0.151. The molecule has 0 unspecified atom stereocenters. The molecule has 1 aliphatic carbocycles. The number of benzene rings is 1. The molecule has 0 saturated heterocycles. The number of hydrogen-bond acceptors (Lipinski definition) is 9. The highest BCUT2D eigenvalue weighted by atomic mass is 16.5. The molecular weight excluding hydrogens is 454 g/mol. The second kappa shape index (κ2) is 10.4. The molecule has 0 spiro atoms.